The molecule has 0 aliphatic rings. The average Bonchev–Trinajstić information content (AvgIpc) is 2.42. The van der Waals surface area contributed by atoms with Crippen LogP contribution in [0.5, 0.6) is 5.75 Å². The molecule has 4 heteroatoms. The molecule has 0 aliphatic heterocycles. The van der Waals surface area contributed by atoms with Crippen LogP contribution in [0.25, 0.3) is 10.1 Å². The molecular weight excluding hydrogens is 204 g/mol. The monoisotopic (exact) mass is 210 g/mol. The van der Waals surface area contributed by atoms with E-state index in [1.54, 1.807) is 18.2 Å². The van der Waals surface area contributed by atoms with Crippen molar-refractivity contribution in [3.63, 3.8) is 0 Å². The number of fused-ring (bicyclic) bond motifs is 1. The van der Waals surface area contributed by atoms with Gasteiger partial charge in [-0.1, -0.05) is 6.07 Å². The summed E-state index contributed by atoms with van der Waals surface area (Å²) in [5.41, 5.74) is 0.613. The van der Waals surface area contributed by atoms with Crippen LogP contribution in [0.4, 0.5) is 0 Å². The number of hydrogen-bond donors (Lipinski definition) is 2. The second kappa shape index (κ2) is 3.05. The number of aldehydes is 1. The van der Waals surface area contributed by atoms with Gasteiger partial charge < -0.3 is 5.11 Å². The molecule has 0 saturated carbocycles. The summed E-state index contributed by atoms with van der Waals surface area (Å²) < 4.78 is 1.46. The van der Waals surface area contributed by atoms with Crippen molar-refractivity contribution >= 4 is 40.3 Å². The zero-order chi connectivity index (χ0) is 9.42. The highest BCUT2D eigenvalue weighted by Gasteiger charge is 2.07. The van der Waals surface area contributed by atoms with Gasteiger partial charge in [0.05, 0.1) is 4.21 Å². The van der Waals surface area contributed by atoms with Crippen molar-refractivity contribution in [2.24, 2.45) is 0 Å². The molecule has 1 aromatic carbocycles. The molecule has 1 aromatic heterocycles. The minimum absolute atomic E-state index is 0.195. The van der Waals surface area contributed by atoms with Gasteiger partial charge in [-0.3, -0.25) is 4.79 Å². The first-order valence-corrected chi connectivity index (χ1v) is 4.88. The smallest absolute Gasteiger partial charge is 0.150 e. The molecule has 0 fully saturated rings. The molecule has 0 unspecified atom stereocenters. The number of carbonyl (C=O) groups is 1. The molecule has 0 amide bonds. The third-order valence-corrected chi connectivity index (χ3v) is 3.24. The lowest BCUT2D eigenvalue weighted by atomic mass is 10.2. The van der Waals surface area contributed by atoms with Crippen molar-refractivity contribution in [2.75, 3.05) is 0 Å². The Hall–Kier alpha value is -1.00. The highest BCUT2D eigenvalue weighted by atomic mass is 32.2. The zero-order valence-electron chi connectivity index (χ0n) is 6.52. The van der Waals surface area contributed by atoms with Crippen LogP contribution in [-0.2, 0) is 0 Å². The lowest BCUT2D eigenvalue weighted by molar-refractivity contribution is 0.112. The summed E-state index contributed by atoms with van der Waals surface area (Å²) in [6.07, 6.45) is 0.786. The standard InChI is InChI=1S/C9H6O2S2/c10-4-5-1-2-6-7(3-5)13-9(12)8(6)11/h1-4,11-12H. The lowest BCUT2D eigenvalue weighted by Gasteiger charge is -1.91. The molecule has 1 heterocycles. The number of hydrogen-bond acceptors (Lipinski definition) is 4. The van der Waals surface area contributed by atoms with Gasteiger partial charge in [0, 0.05) is 15.6 Å². The summed E-state index contributed by atoms with van der Waals surface area (Å²) in [4.78, 5) is 10.5. The third-order valence-electron chi connectivity index (χ3n) is 1.81. The van der Waals surface area contributed by atoms with E-state index in [0.717, 1.165) is 16.4 Å². The largest absolute Gasteiger partial charge is 0.505 e. The summed E-state index contributed by atoms with van der Waals surface area (Å²) in [5.74, 6) is 0.195. The Kier molecular flexibility index (Phi) is 2.01. The van der Waals surface area contributed by atoms with Gasteiger partial charge >= 0.3 is 0 Å². The molecule has 66 valence electrons. The molecule has 0 aliphatic carbocycles. The molecule has 1 N–H and O–H groups in total. The van der Waals surface area contributed by atoms with Gasteiger partial charge in [-0.05, 0) is 12.1 Å². The van der Waals surface area contributed by atoms with Gasteiger partial charge in [-0.2, -0.15) is 0 Å². The summed E-state index contributed by atoms with van der Waals surface area (Å²) in [7, 11) is 0. The van der Waals surface area contributed by atoms with Crippen molar-refractivity contribution in [1.82, 2.24) is 0 Å². The first-order valence-electron chi connectivity index (χ1n) is 3.62. The number of rotatable bonds is 1. The Balaban J connectivity index is 2.79. The van der Waals surface area contributed by atoms with E-state index in [2.05, 4.69) is 12.6 Å². The maximum atomic E-state index is 10.5. The molecule has 0 saturated heterocycles. The summed E-state index contributed by atoms with van der Waals surface area (Å²) >= 11 is 5.46. The van der Waals surface area contributed by atoms with E-state index in [1.165, 1.54) is 11.3 Å². The Morgan fingerprint density at radius 2 is 2.23 bits per heavy atom. The van der Waals surface area contributed by atoms with E-state index in [0.29, 0.717) is 9.77 Å². The molecule has 2 nitrogen and oxygen atoms in total. The summed E-state index contributed by atoms with van der Waals surface area (Å²) in [6, 6.07) is 5.14. The maximum Gasteiger partial charge on any atom is 0.150 e. The Labute approximate surface area is 84.2 Å². The van der Waals surface area contributed by atoms with Crippen molar-refractivity contribution in [3.05, 3.63) is 23.8 Å². The molecule has 2 rings (SSSR count). The van der Waals surface area contributed by atoms with Gasteiger partial charge in [-0.15, -0.1) is 24.0 Å². The number of carbonyl (C=O) groups excluding carboxylic acids is 1. The predicted octanol–water partition coefficient (Wildman–Crippen LogP) is 2.71. The van der Waals surface area contributed by atoms with Crippen LogP contribution in [0.3, 0.4) is 0 Å². The number of aromatic hydroxyl groups is 1. The average molecular weight is 210 g/mol. The Bertz CT molecular complexity index is 474. The minimum Gasteiger partial charge on any atom is -0.505 e. The van der Waals surface area contributed by atoms with Gasteiger partial charge in [0.1, 0.15) is 12.0 Å². The van der Waals surface area contributed by atoms with E-state index >= 15 is 0 Å². The van der Waals surface area contributed by atoms with Crippen molar-refractivity contribution < 1.29 is 9.90 Å². The summed E-state index contributed by atoms with van der Waals surface area (Å²) in [5, 5.41) is 10.3. The van der Waals surface area contributed by atoms with Gasteiger partial charge in [0.15, 0.2) is 0 Å². The van der Waals surface area contributed by atoms with Gasteiger partial charge in [-0.25, -0.2) is 0 Å². The fraction of sp³-hybridized carbons (Fsp3) is 0. The zero-order valence-corrected chi connectivity index (χ0v) is 8.23. The number of benzene rings is 1. The van der Waals surface area contributed by atoms with Crippen LogP contribution in [-0.4, -0.2) is 11.4 Å². The van der Waals surface area contributed by atoms with E-state index in [-0.39, 0.29) is 5.75 Å². The molecular formula is C9H6O2S2. The topological polar surface area (TPSA) is 37.3 Å². The van der Waals surface area contributed by atoms with E-state index in [4.69, 9.17) is 0 Å². The number of thiol groups is 1. The van der Waals surface area contributed by atoms with Crippen LogP contribution < -0.4 is 0 Å². The Morgan fingerprint density at radius 1 is 1.46 bits per heavy atom. The van der Waals surface area contributed by atoms with Crippen LogP contribution in [0.1, 0.15) is 10.4 Å². The highest BCUT2D eigenvalue weighted by molar-refractivity contribution is 7.83. The molecule has 0 spiro atoms. The maximum absolute atomic E-state index is 10.5. The Morgan fingerprint density at radius 3 is 2.92 bits per heavy atom. The van der Waals surface area contributed by atoms with Gasteiger partial charge in [0.2, 0.25) is 0 Å². The van der Waals surface area contributed by atoms with Crippen molar-refractivity contribution in [1.29, 1.82) is 0 Å². The van der Waals surface area contributed by atoms with Crippen LogP contribution in [0.2, 0.25) is 0 Å². The number of thiophene rings is 1. The van der Waals surface area contributed by atoms with E-state index in [9.17, 15) is 9.90 Å². The lowest BCUT2D eigenvalue weighted by Crippen LogP contribution is -1.75. The molecule has 2 aromatic rings. The van der Waals surface area contributed by atoms with Crippen molar-refractivity contribution in [2.45, 2.75) is 4.21 Å². The first kappa shape index (κ1) is 8.59. The fourth-order valence-corrected chi connectivity index (χ4v) is 2.46. The summed E-state index contributed by atoms with van der Waals surface area (Å²) in [6.45, 7) is 0. The molecule has 0 atom stereocenters. The van der Waals surface area contributed by atoms with Gasteiger partial charge in [0.25, 0.3) is 0 Å². The van der Waals surface area contributed by atoms with Crippen LogP contribution in [0.15, 0.2) is 22.4 Å². The minimum atomic E-state index is 0.195. The van der Waals surface area contributed by atoms with E-state index < -0.39 is 0 Å². The second-order valence-electron chi connectivity index (χ2n) is 2.63. The third kappa shape index (κ3) is 1.32. The quantitative estimate of drug-likeness (QED) is 0.561. The second-order valence-corrected chi connectivity index (χ2v) is 4.43. The van der Waals surface area contributed by atoms with E-state index in [1.807, 2.05) is 0 Å². The fourth-order valence-electron chi connectivity index (χ4n) is 1.16. The van der Waals surface area contributed by atoms with Crippen LogP contribution >= 0.6 is 24.0 Å². The normalized spacial score (nSPS) is 10.5. The predicted molar refractivity (Wildman–Crippen MR) is 56.1 cm³/mol. The van der Waals surface area contributed by atoms with Crippen molar-refractivity contribution in [3.8, 4) is 5.75 Å². The SMILES string of the molecule is O=Cc1ccc2c(O)c(S)sc2c1. The molecule has 0 bridgehead atoms. The van der Waals surface area contributed by atoms with Crippen LogP contribution in [0, 0.1) is 0 Å². The highest BCUT2D eigenvalue weighted by Crippen LogP contribution is 2.39. The molecule has 13 heavy (non-hydrogen) atoms. The molecule has 0 radical (unpaired) electrons. The first-order chi connectivity index (χ1) is 6.22.